The average molecular weight is 369 g/mol. The van der Waals surface area contributed by atoms with Crippen LogP contribution in [0.2, 0.25) is 0 Å². The molecule has 0 aromatic heterocycles. The van der Waals surface area contributed by atoms with Crippen molar-refractivity contribution in [1.29, 1.82) is 0 Å². The number of rotatable bonds is 3. The summed E-state index contributed by atoms with van der Waals surface area (Å²) in [5.41, 5.74) is 4.28. The fourth-order valence-corrected chi connectivity index (χ4v) is 2.94. The standard InChI is InChI=1S/C17H19NO.C5H11N.C2H6/c1-4-13-7-5-8-14(11-13)15-9-6-10-16(12-15)17(19)18(2)3;1-6-4-2-3-5-6;1-2/h5-12H,4H2,1-3H3;2-5H2,1H3;1-2H3. The average Bonchev–Trinajstić information content (AvgIpc) is 3.20. The second kappa shape index (κ2) is 12.3. The van der Waals surface area contributed by atoms with Crippen LogP contribution in [0, 0.1) is 0 Å². The van der Waals surface area contributed by atoms with E-state index in [-0.39, 0.29) is 5.91 Å². The molecule has 1 heterocycles. The number of carbonyl (C=O) groups excluding carboxylic acids is 1. The maximum Gasteiger partial charge on any atom is 0.253 e. The minimum absolute atomic E-state index is 0.0356. The monoisotopic (exact) mass is 368 g/mol. The van der Waals surface area contributed by atoms with Crippen molar-refractivity contribution in [2.75, 3.05) is 34.2 Å². The first-order valence-electron chi connectivity index (χ1n) is 10.1. The second-order valence-electron chi connectivity index (χ2n) is 6.84. The third-order valence-corrected chi connectivity index (χ3v) is 4.51. The fourth-order valence-electron chi connectivity index (χ4n) is 2.94. The third kappa shape index (κ3) is 7.56. The van der Waals surface area contributed by atoms with Gasteiger partial charge in [0.1, 0.15) is 0 Å². The maximum absolute atomic E-state index is 12.0. The fraction of sp³-hybridized carbons (Fsp3) is 0.458. The van der Waals surface area contributed by atoms with Crippen molar-refractivity contribution in [2.24, 2.45) is 0 Å². The molecular weight excluding hydrogens is 332 g/mol. The second-order valence-corrected chi connectivity index (χ2v) is 6.84. The summed E-state index contributed by atoms with van der Waals surface area (Å²) in [4.78, 5) is 15.9. The van der Waals surface area contributed by atoms with Gasteiger partial charge in [-0.25, -0.2) is 0 Å². The van der Waals surface area contributed by atoms with Crippen LogP contribution in [0.1, 0.15) is 49.5 Å². The van der Waals surface area contributed by atoms with Gasteiger partial charge in [0.15, 0.2) is 0 Å². The molecule has 1 aliphatic heterocycles. The Hall–Kier alpha value is -2.13. The van der Waals surface area contributed by atoms with Crippen molar-refractivity contribution in [1.82, 2.24) is 9.80 Å². The molecule has 0 aliphatic carbocycles. The number of hydrogen-bond acceptors (Lipinski definition) is 2. The van der Waals surface area contributed by atoms with Gasteiger partial charge in [0.2, 0.25) is 0 Å². The van der Waals surface area contributed by atoms with Crippen LogP contribution in [-0.2, 0) is 6.42 Å². The van der Waals surface area contributed by atoms with E-state index in [4.69, 9.17) is 0 Å². The summed E-state index contributed by atoms with van der Waals surface area (Å²) in [6.45, 7) is 8.78. The zero-order valence-electron chi connectivity index (χ0n) is 18.0. The van der Waals surface area contributed by atoms with Crippen molar-refractivity contribution in [3.63, 3.8) is 0 Å². The van der Waals surface area contributed by atoms with Crippen LogP contribution in [0.4, 0.5) is 0 Å². The Kier molecular flexibility index (Phi) is 10.4. The first-order chi connectivity index (χ1) is 13.0. The molecule has 0 N–H and O–H groups in total. The summed E-state index contributed by atoms with van der Waals surface area (Å²) in [6.07, 6.45) is 3.84. The van der Waals surface area contributed by atoms with E-state index in [1.807, 2.05) is 38.1 Å². The molecule has 3 heteroatoms. The molecule has 2 aromatic rings. The Morgan fingerprint density at radius 3 is 2.00 bits per heavy atom. The van der Waals surface area contributed by atoms with Crippen LogP contribution in [0.25, 0.3) is 11.1 Å². The SMILES string of the molecule is CC.CCc1cccc(-c2cccc(C(=O)N(C)C)c2)c1.CN1CCCC1. The zero-order valence-corrected chi connectivity index (χ0v) is 18.0. The van der Waals surface area contributed by atoms with Gasteiger partial charge in [-0.2, -0.15) is 0 Å². The molecule has 0 radical (unpaired) electrons. The van der Waals surface area contributed by atoms with Gasteiger partial charge in [0.25, 0.3) is 5.91 Å². The van der Waals surface area contributed by atoms with E-state index in [0.717, 1.165) is 23.1 Å². The van der Waals surface area contributed by atoms with E-state index in [1.54, 1.807) is 19.0 Å². The van der Waals surface area contributed by atoms with Gasteiger partial charge in [-0.3, -0.25) is 4.79 Å². The van der Waals surface area contributed by atoms with Gasteiger partial charge in [0, 0.05) is 19.7 Å². The predicted molar refractivity (Wildman–Crippen MR) is 117 cm³/mol. The predicted octanol–water partition coefficient (Wildman–Crippen LogP) is 5.36. The Bertz CT molecular complexity index is 688. The topological polar surface area (TPSA) is 23.6 Å². The first kappa shape index (κ1) is 22.9. The Morgan fingerprint density at radius 2 is 1.52 bits per heavy atom. The van der Waals surface area contributed by atoms with Crippen LogP contribution in [0.5, 0.6) is 0 Å². The highest BCUT2D eigenvalue weighted by molar-refractivity contribution is 5.95. The number of carbonyl (C=O) groups is 1. The van der Waals surface area contributed by atoms with Crippen molar-refractivity contribution >= 4 is 5.91 Å². The molecule has 1 fully saturated rings. The van der Waals surface area contributed by atoms with Gasteiger partial charge in [-0.05, 0) is 68.2 Å². The zero-order chi connectivity index (χ0) is 20.2. The molecule has 2 aromatic carbocycles. The largest absolute Gasteiger partial charge is 0.345 e. The van der Waals surface area contributed by atoms with Gasteiger partial charge >= 0.3 is 0 Å². The lowest BCUT2D eigenvalue weighted by atomic mass is 10.00. The third-order valence-electron chi connectivity index (χ3n) is 4.51. The van der Waals surface area contributed by atoms with Crippen molar-refractivity contribution < 1.29 is 4.79 Å². The first-order valence-corrected chi connectivity index (χ1v) is 10.1. The van der Waals surface area contributed by atoms with E-state index >= 15 is 0 Å². The molecule has 27 heavy (non-hydrogen) atoms. The van der Waals surface area contributed by atoms with E-state index in [0.29, 0.717) is 0 Å². The molecule has 1 aliphatic rings. The summed E-state index contributed by atoms with van der Waals surface area (Å²) in [7, 11) is 5.71. The van der Waals surface area contributed by atoms with Crippen molar-refractivity contribution in [3.8, 4) is 11.1 Å². The normalized spacial score (nSPS) is 13.1. The van der Waals surface area contributed by atoms with Gasteiger partial charge in [-0.1, -0.05) is 57.2 Å². The molecule has 148 valence electrons. The van der Waals surface area contributed by atoms with E-state index < -0.39 is 0 Å². The highest BCUT2D eigenvalue weighted by Gasteiger charge is 2.09. The van der Waals surface area contributed by atoms with Gasteiger partial charge < -0.3 is 9.80 Å². The molecule has 0 spiro atoms. The molecule has 0 saturated carbocycles. The van der Waals surface area contributed by atoms with E-state index in [2.05, 4.69) is 43.1 Å². The quantitative estimate of drug-likeness (QED) is 0.728. The lowest BCUT2D eigenvalue weighted by Gasteiger charge is -2.11. The van der Waals surface area contributed by atoms with E-state index in [1.165, 1.54) is 31.5 Å². The number of benzene rings is 2. The number of amides is 1. The van der Waals surface area contributed by atoms with E-state index in [9.17, 15) is 4.79 Å². The Labute approximate surface area is 166 Å². The van der Waals surface area contributed by atoms with Crippen LogP contribution < -0.4 is 0 Å². The highest BCUT2D eigenvalue weighted by Crippen LogP contribution is 2.22. The minimum Gasteiger partial charge on any atom is -0.345 e. The summed E-state index contributed by atoms with van der Waals surface area (Å²) < 4.78 is 0. The van der Waals surface area contributed by atoms with Crippen LogP contribution in [-0.4, -0.2) is 49.9 Å². The number of nitrogens with zero attached hydrogens (tertiary/aromatic N) is 2. The summed E-state index contributed by atoms with van der Waals surface area (Å²) in [6, 6.07) is 16.2. The van der Waals surface area contributed by atoms with Crippen LogP contribution in [0.3, 0.4) is 0 Å². The number of likely N-dealkylation sites (tertiary alicyclic amines) is 1. The minimum atomic E-state index is 0.0356. The molecule has 3 rings (SSSR count). The molecule has 3 nitrogen and oxygen atoms in total. The van der Waals surface area contributed by atoms with Crippen molar-refractivity contribution in [2.45, 2.75) is 40.0 Å². The van der Waals surface area contributed by atoms with Gasteiger partial charge in [-0.15, -0.1) is 0 Å². The van der Waals surface area contributed by atoms with Crippen LogP contribution >= 0.6 is 0 Å². The molecule has 0 unspecified atom stereocenters. The van der Waals surface area contributed by atoms with Crippen molar-refractivity contribution in [3.05, 3.63) is 59.7 Å². The lowest BCUT2D eigenvalue weighted by molar-refractivity contribution is 0.0827. The maximum atomic E-state index is 12.0. The lowest BCUT2D eigenvalue weighted by Crippen LogP contribution is -2.21. The summed E-state index contributed by atoms with van der Waals surface area (Å²) in [5.74, 6) is 0.0356. The van der Waals surface area contributed by atoms with Crippen LogP contribution in [0.15, 0.2) is 48.5 Å². The molecule has 0 atom stereocenters. The number of hydrogen-bond donors (Lipinski definition) is 0. The Morgan fingerprint density at radius 1 is 0.963 bits per heavy atom. The number of aryl methyl sites for hydroxylation is 1. The molecule has 1 saturated heterocycles. The Balaban J connectivity index is 0.000000381. The highest BCUT2D eigenvalue weighted by atomic mass is 16.2. The smallest absolute Gasteiger partial charge is 0.253 e. The molecule has 1 amide bonds. The van der Waals surface area contributed by atoms with Gasteiger partial charge in [0.05, 0.1) is 0 Å². The summed E-state index contributed by atoms with van der Waals surface area (Å²) >= 11 is 0. The summed E-state index contributed by atoms with van der Waals surface area (Å²) in [5, 5.41) is 0. The molecular formula is C24H36N2O. The molecule has 0 bridgehead atoms.